The highest BCUT2D eigenvalue weighted by molar-refractivity contribution is 5.94. The first-order chi connectivity index (χ1) is 13.0. The lowest BCUT2D eigenvalue weighted by Crippen LogP contribution is -2.49. The molecule has 0 radical (unpaired) electrons. The molecule has 2 heterocycles. The smallest absolute Gasteiger partial charge is 0.308 e. The van der Waals surface area contributed by atoms with Crippen LogP contribution in [0.15, 0.2) is 24.3 Å². The minimum atomic E-state index is -0.186. The first kappa shape index (κ1) is 19.4. The molecule has 1 aromatic rings. The molecule has 0 spiro atoms. The van der Waals surface area contributed by atoms with Gasteiger partial charge in [0, 0.05) is 31.7 Å². The molecular weight excluding hydrogens is 344 g/mol. The second kappa shape index (κ2) is 8.55. The van der Waals surface area contributed by atoms with Gasteiger partial charge in [-0.2, -0.15) is 0 Å². The van der Waals surface area contributed by atoms with Gasteiger partial charge in [0.2, 0.25) is 5.91 Å². The zero-order valence-corrected chi connectivity index (χ0v) is 16.1. The van der Waals surface area contributed by atoms with Crippen molar-refractivity contribution in [3.8, 4) is 0 Å². The average molecular weight is 372 g/mol. The Morgan fingerprint density at radius 1 is 0.926 bits per heavy atom. The van der Waals surface area contributed by atoms with E-state index in [1.165, 1.54) is 7.11 Å². The minimum absolute atomic E-state index is 0.00287. The van der Waals surface area contributed by atoms with E-state index >= 15 is 0 Å². The minimum Gasteiger partial charge on any atom is -0.469 e. The molecule has 27 heavy (non-hydrogen) atoms. The lowest BCUT2D eigenvalue weighted by molar-refractivity contribution is -0.150. The Hall–Kier alpha value is -2.37. The number of aryl methyl sites for hydroxylation is 1. The van der Waals surface area contributed by atoms with Gasteiger partial charge in [-0.05, 0) is 44.7 Å². The number of nitrogens with zero attached hydrogens (tertiary/aromatic N) is 2. The molecule has 2 amide bonds. The number of hydrogen-bond donors (Lipinski definition) is 0. The number of ether oxygens (including phenoxy) is 1. The van der Waals surface area contributed by atoms with E-state index in [2.05, 4.69) is 0 Å². The summed E-state index contributed by atoms with van der Waals surface area (Å²) in [6, 6.07) is 7.57. The number of rotatable bonds is 3. The van der Waals surface area contributed by atoms with Crippen molar-refractivity contribution in [1.29, 1.82) is 0 Å². The number of carbonyl (C=O) groups is 3. The molecule has 2 aliphatic heterocycles. The number of benzene rings is 1. The highest BCUT2D eigenvalue weighted by atomic mass is 16.5. The maximum Gasteiger partial charge on any atom is 0.308 e. The topological polar surface area (TPSA) is 66.9 Å². The fourth-order valence-corrected chi connectivity index (χ4v) is 4.00. The number of likely N-dealkylation sites (tertiary alicyclic amines) is 2. The summed E-state index contributed by atoms with van der Waals surface area (Å²) in [7, 11) is 1.40. The van der Waals surface area contributed by atoms with Gasteiger partial charge in [-0.1, -0.05) is 17.7 Å². The van der Waals surface area contributed by atoms with Crippen LogP contribution in [-0.2, 0) is 14.3 Å². The quantitative estimate of drug-likeness (QED) is 0.764. The van der Waals surface area contributed by atoms with E-state index < -0.39 is 0 Å². The largest absolute Gasteiger partial charge is 0.469 e. The van der Waals surface area contributed by atoms with Crippen molar-refractivity contribution >= 4 is 17.8 Å². The zero-order valence-electron chi connectivity index (χ0n) is 16.1. The lowest BCUT2D eigenvalue weighted by Gasteiger charge is -2.37. The van der Waals surface area contributed by atoms with Crippen LogP contribution in [0.2, 0.25) is 0 Å². The average Bonchev–Trinajstić information content (AvgIpc) is 2.73. The molecule has 146 valence electrons. The van der Waals surface area contributed by atoms with Crippen LogP contribution in [0.25, 0.3) is 0 Å². The van der Waals surface area contributed by atoms with Gasteiger partial charge < -0.3 is 14.5 Å². The molecule has 0 unspecified atom stereocenters. The van der Waals surface area contributed by atoms with Crippen LogP contribution in [0.3, 0.4) is 0 Å². The molecule has 3 rings (SSSR count). The number of amides is 2. The Kier molecular flexibility index (Phi) is 6.14. The van der Waals surface area contributed by atoms with Gasteiger partial charge in [0.05, 0.1) is 18.9 Å². The highest BCUT2D eigenvalue weighted by Gasteiger charge is 2.34. The summed E-state index contributed by atoms with van der Waals surface area (Å²) < 4.78 is 4.80. The summed E-state index contributed by atoms with van der Waals surface area (Å²) in [6.45, 7) is 4.33. The molecule has 6 nitrogen and oxygen atoms in total. The van der Waals surface area contributed by atoms with Crippen molar-refractivity contribution < 1.29 is 19.1 Å². The van der Waals surface area contributed by atoms with E-state index in [9.17, 15) is 14.4 Å². The number of esters is 1. The number of piperidine rings is 2. The predicted octanol–water partition coefficient (Wildman–Crippen LogP) is 2.26. The van der Waals surface area contributed by atoms with Crippen molar-refractivity contribution in [2.24, 2.45) is 11.8 Å². The van der Waals surface area contributed by atoms with Crippen molar-refractivity contribution in [2.45, 2.75) is 32.6 Å². The summed E-state index contributed by atoms with van der Waals surface area (Å²) in [6.07, 6.45) is 2.95. The molecule has 0 aromatic heterocycles. The standard InChI is InChI=1S/C21H28N2O4/c1-15-5-7-16(8-6-15)19(24)23-11-3-4-18(14-23)20(25)22-12-9-17(10-13-22)21(26)27-2/h5-8,17-18H,3-4,9-14H2,1-2H3/t18-/m1/s1. The second-order valence-electron chi connectivity index (χ2n) is 7.58. The van der Waals surface area contributed by atoms with Gasteiger partial charge in [0.1, 0.15) is 0 Å². The summed E-state index contributed by atoms with van der Waals surface area (Å²) in [5.74, 6) is -0.334. The SMILES string of the molecule is COC(=O)C1CCN(C(=O)[C@@H]2CCCN(C(=O)c3ccc(C)cc3)C2)CC1. The first-order valence-electron chi connectivity index (χ1n) is 9.72. The molecule has 1 aromatic carbocycles. The maximum atomic E-state index is 12.9. The van der Waals surface area contributed by atoms with Gasteiger partial charge >= 0.3 is 5.97 Å². The van der Waals surface area contributed by atoms with Crippen molar-refractivity contribution in [3.63, 3.8) is 0 Å². The van der Waals surface area contributed by atoms with Gasteiger partial charge in [0.15, 0.2) is 0 Å². The Morgan fingerprint density at radius 3 is 2.22 bits per heavy atom. The second-order valence-corrected chi connectivity index (χ2v) is 7.58. The normalized spacial score (nSPS) is 21.0. The predicted molar refractivity (Wildman–Crippen MR) is 101 cm³/mol. The van der Waals surface area contributed by atoms with E-state index in [-0.39, 0.29) is 29.6 Å². The van der Waals surface area contributed by atoms with Crippen LogP contribution in [-0.4, -0.2) is 60.9 Å². The van der Waals surface area contributed by atoms with Gasteiger partial charge in [0.25, 0.3) is 5.91 Å². The van der Waals surface area contributed by atoms with Crippen LogP contribution >= 0.6 is 0 Å². The third-order valence-corrected chi connectivity index (χ3v) is 5.70. The fourth-order valence-electron chi connectivity index (χ4n) is 4.00. The van der Waals surface area contributed by atoms with E-state index in [4.69, 9.17) is 4.74 Å². The Balaban J connectivity index is 1.57. The molecule has 6 heteroatoms. The molecule has 2 saturated heterocycles. The molecule has 2 fully saturated rings. The molecule has 1 atom stereocenters. The van der Waals surface area contributed by atoms with Gasteiger partial charge in [-0.3, -0.25) is 14.4 Å². The fraction of sp³-hybridized carbons (Fsp3) is 0.571. The van der Waals surface area contributed by atoms with E-state index in [1.807, 2.05) is 36.1 Å². The van der Waals surface area contributed by atoms with Crippen LogP contribution in [0.1, 0.15) is 41.6 Å². The summed E-state index contributed by atoms with van der Waals surface area (Å²) in [5, 5.41) is 0. The third-order valence-electron chi connectivity index (χ3n) is 5.70. The monoisotopic (exact) mass is 372 g/mol. The Morgan fingerprint density at radius 2 is 1.59 bits per heavy atom. The Labute approximate surface area is 160 Å². The lowest BCUT2D eigenvalue weighted by atomic mass is 9.92. The van der Waals surface area contributed by atoms with E-state index in [0.717, 1.165) is 18.4 Å². The zero-order chi connectivity index (χ0) is 19.4. The molecule has 2 aliphatic rings. The van der Waals surface area contributed by atoms with E-state index in [0.29, 0.717) is 44.6 Å². The molecular formula is C21H28N2O4. The summed E-state index contributed by atoms with van der Waals surface area (Å²) in [5.41, 5.74) is 1.79. The summed E-state index contributed by atoms with van der Waals surface area (Å²) in [4.78, 5) is 41.0. The molecule has 0 bridgehead atoms. The summed E-state index contributed by atoms with van der Waals surface area (Å²) >= 11 is 0. The van der Waals surface area contributed by atoms with Crippen molar-refractivity contribution in [1.82, 2.24) is 9.80 Å². The molecule has 0 aliphatic carbocycles. The Bertz CT molecular complexity index is 693. The van der Waals surface area contributed by atoms with E-state index in [1.54, 1.807) is 4.90 Å². The number of hydrogen-bond acceptors (Lipinski definition) is 4. The van der Waals surface area contributed by atoms with Crippen LogP contribution in [0.5, 0.6) is 0 Å². The number of carbonyl (C=O) groups excluding carboxylic acids is 3. The van der Waals surface area contributed by atoms with Crippen LogP contribution in [0.4, 0.5) is 0 Å². The van der Waals surface area contributed by atoms with Crippen LogP contribution < -0.4 is 0 Å². The van der Waals surface area contributed by atoms with Crippen molar-refractivity contribution in [2.75, 3.05) is 33.3 Å². The number of methoxy groups -OCH3 is 1. The van der Waals surface area contributed by atoms with Gasteiger partial charge in [-0.25, -0.2) is 0 Å². The van der Waals surface area contributed by atoms with Gasteiger partial charge in [-0.15, -0.1) is 0 Å². The third kappa shape index (κ3) is 4.49. The van der Waals surface area contributed by atoms with Crippen molar-refractivity contribution in [3.05, 3.63) is 35.4 Å². The highest BCUT2D eigenvalue weighted by Crippen LogP contribution is 2.24. The van der Waals surface area contributed by atoms with Crippen LogP contribution in [0, 0.1) is 18.8 Å². The molecule has 0 N–H and O–H groups in total. The molecule has 0 saturated carbocycles. The first-order valence-corrected chi connectivity index (χ1v) is 9.72. The maximum absolute atomic E-state index is 12.9.